The molecule has 5 nitrogen and oxygen atoms in total. The van der Waals surface area contributed by atoms with Crippen LogP contribution >= 0.6 is 11.6 Å². The average Bonchev–Trinajstić information content (AvgIpc) is 2.93. The van der Waals surface area contributed by atoms with E-state index >= 15 is 0 Å². The summed E-state index contributed by atoms with van der Waals surface area (Å²) in [6, 6.07) is 28.1. The molecular weight excluding hydrogens is 470 g/mol. The standard InChI is InChI=1S/C22H27N3O2.C6H5Cl.C2H6/c1-18-17-24(11-10-19-2-4-20(16-23)5-3-19)12-13-25(18)21-6-8-22(9-7-21)27-15-14-26;7-6-4-2-1-3-5-6;1-2/h2-9,18,26H,10-15,17H2,1H3;1-5H;1-2H3. The van der Waals surface area contributed by atoms with E-state index in [4.69, 9.17) is 26.7 Å². The third kappa shape index (κ3) is 9.91. The maximum Gasteiger partial charge on any atom is 0.119 e. The van der Waals surface area contributed by atoms with E-state index in [9.17, 15) is 0 Å². The first kappa shape index (κ1) is 29.2. The molecule has 0 saturated carbocycles. The summed E-state index contributed by atoms with van der Waals surface area (Å²) in [5.74, 6) is 0.793. The predicted molar refractivity (Wildman–Crippen MR) is 150 cm³/mol. The maximum absolute atomic E-state index is 8.88. The van der Waals surface area contributed by atoms with Crippen LogP contribution in [0.5, 0.6) is 5.75 Å². The number of hydrogen-bond acceptors (Lipinski definition) is 5. The number of aliphatic hydroxyl groups excluding tert-OH is 1. The summed E-state index contributed by atoms with van der Waals surface area (Å²) >= 11 is 5.54. The molecule has 1 aliphatic heterocycles. The average molecular weight is 508 g/mol. The summed E-state index contributed by atoms with van der Waals surface area (Å²) in [6.07, 6.45) is 1.01. The minimum atomic E-state index is 0.0310. The Bertz CT molecular complexity index is 1020. The number of nitrogens with zero attached hydrogens (tertiary/aromatic N) is 3. The molecule has 1 aliphatic rings. The molecule has 6 heteroatoms. The highest BCUT2D eigenvalue weighted by Crippen LogP contribution is 2.23. The van der Waals surface area contributed by atoms with E-state index < -0.39 is 0 Å². The van der Waals surface area contributed by atoms with Gasteiger partial charge in [0, 0.05) is 42.9 Å². The number of rotatable bonds is 7. The Morgan fingerprint density at radius 1 is 0.972 bits per heavy atom. The molecule has 1 atom stereocenters. The van der Waals surface area contributed by atoms with E-state index in [0.717, 1.165) is 43.4 Å². The molecule has 0 aliphatic carbocycles. The highest BCUT2D eigenvalue weighted by atomic mass is 35.5. The third-order valence-electron chi connectivity index (χ3n) is 5.77. The maximum atomic E-state index is 8.88. The first-order chi connectivity index (χ1) is 17.6. The van der Waals surface area contributed by atoms with E-state index in [2.05, 4.69) is 47.1 Å². The molecule has 0 bridgehead atoms. The highest BCUT2D eigenvalue weighted by Gasteiger charge is 2.23. The van der Waals surface area contributed by atoms with Gasteiger partial charge in [-0.1, -0.05) is 55.8 Å². The van der Waals surface area contributed by atoms with Gasteiger partial charge in [-0.05, 0) is 67.4 Å². The first-order valence-electron chi connectivity index (χ1n) is 12.6. The van der Waals surface area contributed by atoms with Crippen molar-refractivity contribution in [2.45, 2.75) is 33.2 Å². The molecule has 192 valence electrons. The zero-order valence-electron chi connectivity index (χ0n) is 21.6. The van der Waals surface area contributed by atoms with Gasteiger partial charge in [0.1, 0.15) is 12.4 Å². The van der Waals surface area contributed by atoms with E-state index in [-0.39, 0.29) is 6.61 Å². The van der Waals surface area contributed by atoms with Crippen LogP contribution in [-0.4, -0.2) is 55.4 Å². The topological polar surface area (TPSA) is 59.7 Å². The van der Waals surface area contributed by atoms with Gasteiger partial charge in [-0.15, -0.1) is 0 Å². The molecule has 0 radical (unpaired) electrons. The van der Waals surface area contributed by atoms with E-state index in [1.807, 2.05) is 68.4 Å². The Hall–Kier alpha value is -3.04. The van der Waals surface area contributed by atoms with Crippen molar-refractivity contribution in [3.05, 3.63) is 95.0 Å². The summed E-state index contributed by atoms with van der Waals surface area (Å²) in [4.78, 5) is 4.95. The number of benzene rings is 3. The van der Waals surface area contributed by atoms with Gasteiger partial charge in [0.05, 0.1) is 18.2 Å². The van der Waals surface area contributed by atoms with Gasteiger partial charge in [0.25, 0.3) is 0 Å². The Morgan fingerprint density at radius 2 is 1.64 bits per heavy atom. The largest absolute Gasteiger partial charge is 0.491 e. The number of hydrogen-bond donors (Lipinski definition) is 1. The normalized spacial score (nSPS) is 15.0. The lowest BCUT2D eigenvalue weighted by Crippen LogP contribution is -2.52. The predicted octanol–water partition coefficient (Wildman–Crippen LogP) is 6.05. The van der Waals surface area contributed by atoms with Crippen molar-refractivity contribution in [3.63, 3.8) is 0 Å². The SMILES string of the molecule is CC.CC1CN(CCc2ccc(C#N)cc2)CCN1c1ccc(OCCO)cc1.Clc1ccccc1. The number of halogens is 1. The van der Waals surface area contributed by atoms with Gasteiger partial charge in [0.15, 0.2) is 0 Å². The van der Waals surface area contributed by atoms with E-state index in [0.29, 0.717) is 18.2 Å². The number of aliphatic hydroxyl groups is 1. The summed E-state index contributed by atoms with van der Waals surface area (Å²) in [7, 11) is 0. The molecule has 36 heavy (non-hydrogen) atoms. The van der Waals surface area contributed by atoms with E-state index in [1.54, 1.807) is 0 Å². The molecule has 0 amide bonds. The third-order valence-corrected chi connectivity index (χ3v) is 6.02. The van der Waals surface area contributed by atoms with Crippen LogP contribution in [0.1, 0.15) is 31.9 Å². The van der Waals surface area contributed by atoms with E-state index in [1.165, 1.54) is 11.3 Å². The van der Waals surface area contributed by atoms with Gasteiger partial charge in [-0.25, -0.2) is 0 Å². The van der Waals surface area contributed by atoms with Crippen LogP contribution in [0.2, 0.25) is 5.02 Å². The molecule has 1 heterocycles. The monoisotopic (exact) mass is 507 g/mol. The molecule has 3 aromatic carbocycles. The van der Waals surface area contributed by atoms with Crippen LogP contribution in [0.25, 0.3) is 0 Å². The summed E-state index contributed by atoms with van der Waals surface area (Å²) in [5.41, 5.74) is 3.21. The van der Waals surface area contributed by atoms with Crippen LogP contribution in [0, 0.1) is 11.3 Å². The fraction of sp³-hybridized carbons (Fsp3) is 0.367. The lowest BCUT2D eigenvalue weighted by atomic mass is 10.1. The quantitative estimate of drug-likeness (QED) is 0.422. The van der Waals surface area contributed by atoms with Gasteiger partial charge < -0.3 is 14.7 Å². The van der Waals surface area contributed by atoms with Crippen molar-refractivity contribution in [2.24, 2.45) is 0 Å². The van der Waals surface area contributed by atoms with Crippen LogP contribution < -0.4 is 9.64 Å². The molecule has 1 fully saturated rings. The lowest BCUT2D eigenvalue weighted by molar-refractivity contribution is 0.201. The highest BCUT2D eigenvalue weighted by molar-refractivity contribution is 6.30. The Balaban J connectivity index is 0.000000431. The lowest BCUT2D eigenvalue weighted by Gasteiger charge is -2.41. The molecule has 3 aromatic rings. The number of piperazine rings is 1. The van der Waals surface area contributed by atoms with Crippen molar-refractivity contribution in [2.75, 3.05) is 44.3 Å². The smallest absolute Gasteiger partial charge is 0.119 e. The summed E-state index contributed by atoms with van der Waals surface area (Å²) in [5, 5.41) is 18.5. The van der Waals surface area contributed by atoms with Gasteiger partial charge in [-0.3, -0.25) is 4.90 Å². The summed E-state index contributed by atoms with van der Waals surface area (Å²) in [6.45, 7) is 10.8. The minimum Gasteiger partial charge on any atom is -0.491 e. The van der Waals surface area contributed by atoms with Crippen LogP contribution in [0.4, 0.5) is 5.69 Å². The fourth-order valence-corrected chi connectivity index (χ4v) is 4.11. The minimum absolute atomic E-state index is 0.0310. The van der Waals surface area contributed by atoms with Crippen molar-refractivity contribution < 1.29 is 9.84 Å². The molecule has 1 N–H and O–H groups in total. The van der Waals surface area contributed by atoms with Crippen LogP contribution in [0.3, 0.4) is 0 Å². The first-order valence-corrected chi connectivity index (χ1v) is 13.0. The molecule has 4 rings (SSSR count). The second kappa shape index (κ2) is 16.6. The molecule has 0 aromatic heterocycles. The van der Waals surface area contributed by atoms with Crippen LogP contribution in [-0.2, 0) is 6.42 Å². The van der Waals surface area contributed by atoms with Gasteiger partial charge >= 0.3 is 0 Å². The number of anilines is 1. The van der Waals surface area contributed by atoms with Crippen molar-refractivity contribution in [1.82, 2.24) is 4.90 Å². The molecule has 1 saturated heterocycles. The number of nitriles is 1. The van der Waals surface area contributed by atoms with Gasteiger partial charge in [0.2, 0.25) is 0 Å². The molecule has 1 unspecified atom stereocenters. The number of ether oxygens (including phenoxy) is 1. The van der Waals surface area contributed by atoms with Crippen molar-refractivity contribution >= 4 is 17.3 Å². The fourth-order valence-electron chi connectivity index (χ4n) is 3.96. The van der Waals surface area contributed by atoms with Crippen molar-refractivity contribution in [1.29, 1.82) is 5.26 Å². The van der Waals surface area contributed by atoms with Gasteiger partial charge in [-0.2, -0.15) is 5.26 Å². The summed E-state index contributed by atoms with van der Waals surface area (Å²) < 4.78 is 5.44. The van der Waals surface area contributed by atoms with Crippen LogP contribution in [0.15, 0.2) is 78.9 Å². The second-order valence-corrected chi connectivity index (χ2v) is 8.70. The molecular formula is C30H38ClN3O2. The Kier molecular flexibility index (Phi) is 13.5. The van der Waals surface area contributed by atoms with Crippen molar-refractivity contribution in [3.8, 4) is 11.8 Å². The molecule has 0 spiro atoms. The second-order valence-electron chi connectivity index (χ2n) is 8.26. The Labute approximate surface area is 221 Å². The zero-order chi connectivity index (χ0) is 26.2. The Morgan fingerprint density at radius 3 is 2.17 bits per heavy atom. The zero-order valence-corrected chi connectivity index (χ0v) is 22.4.